The lowest BCUT2D eigenvalue weighted by Crippen LogP contribution is -2.12. The Hall–Kier alpha value is -3.78. The number of hydrogen-bond donors (Lipinski definition) is 1. The maximum atomic E-state index is 12.9. The standard InChI is InChI=1S/C25H23N3O4S/c1-16-24(17(2)28(27-16)12-18-6-4-3-5-7-18)26-25(29)23-10-19(14-33-23)13-30-20-8-9-21-22(11-20)32-15-31-21/h3-11,14H,12-13,15H2,1-2H3,(H,26,29). The van der Waals surface area contributed by atoms with Crippen molar-refractivity contribution in [2.75, 3.05) is 12.1 Å². The summed E-state index contributed by atoms with van der Waals surface area (Å²) in [5, 5.41) is 9.58. The molecule has 2 aromatic carbocycles. The number of nitrogens with one attached hydrogen (secondary N) is 1. The second-order valence-electron chi connectivity index (χ2n) is 7.77. The van der Waals surface area contributed by atoms with Crippen molar-refractivity contribution in [3.63, 3.8) is 0 Å². The van der Waals surface area contributed by atoms with Gasteiger partial charge in [0.05, 0.1) is 28.5 Å². The van der Waals surface area contributed by atoms with Gasteiger partial charge in [-0.25, -0.2) is 0 Å². The summed E-state index contributed by atoms with van der Waals surface area (Å²) in [7, 11) is 0. The number of nitrogens with zero attached hydrogens (tertiary/aromatic N) is 2. The highest BCUT2D eigenvalue weighted by Crippen LogP contribution is 2.35. The molecule has 0 saturated carbocycles. The molecule has 0 spiro atoms. The number of anilines is 1. The lowest BCUT2D eigenvalue weighted by molar-refractivity contribution is 0.103. The first-order valence-corrected chi connectivity index (χ1v) is 11.4. The quantitative estimate of drug-likeness (QED) is 0.411. The molecule has 0 aliphatic carbocycles. The van der Waals surface area contributed by atoms with Gasteiger partial charge in [-0.3, -0.25) is 9.48 Å². The molecule has 33 heavy (non-hydrogen) atoms. The molecule has 168 valence electrons. The van der Waals surface area contributed by atoms with Gasteiger partial charge in [-0.2, -0.15) is 5.10 Å². The summed E-state index contributed by atoms with van der Waals surface area (Å²) in [6.45, 7) is 5.12. The third kappa shape index (κ3) is 4.56. The van der Waals surface area contributed by atoms with Crippen LogP contribution >= 0.6 is 11.3 Å². The molecule has 4 aromatic rings. The number of amides is 1. The molecule has 5 rings (SSSR count). The predicted octanol–water partition coefficient (Wildman–Crippen LogP) is 5.17. The minimum atomic E-state index is -0.153. The molecule has 8 heteroatoms. The number of ether oxygens (including phenoxy) is 3. The van der Waals surface area contributed by atoms with Gasteiger partial charge >= 0.3 is 0 Å². The van der Waals surface area contributed by atoms with Crippen LogP contribution in [0.15, 0.2) is 60.0 Å². The number of carbonyl (C=O) groups excluding carboxylic acids is 1. The normalized spacial score (nSPS) is 12.1. The fourth-order valence-electron chi connectivity index (χ4n) is 3.67. The van der Waals surface area contributed by atoms with Gasteiger partial charge in [0.15, 0.2) is 11.5 Å². The number of carbonyl (C=O) groups is 1. The van der Waals surface area contributed by atoms with E-state index < -0.39 is 0 Å². The summed E-state index contributed by atoms with van der Waals surface area (Å²) < 4.78 is 18.5. The number of thiophene rings is 1. The molecular weight excluding hydrogens is 438 g/mol. The molecule has 0 atom stereocenters. The van der Waals surface area contributed by atoms with Crippen LogP contribution in [0.5, 0.6) is 17.2 Å². The first-order chi connectivity index (χ1) is 16.1. The number of benzene rings is 2. The first-order valence-electron chi connectivity index (χ1n) is 10.6. The summed E-state index contributed by atoms with van der Waals surface area (Å²) in [5.41, 5.74) is 4.55. The lowest BCUT2D eigenvalue weighted by Gasteiger charge is -2.07. The van der Waals surface area contributed by atoms with Gasteiger partial charge < -0.3 is 19.5 Å². The van der Waals surface area contributed by atoms with Crippen molar-refractivity contribution in [1.29, 1.82) is 0 Å². The van der Waals surface area contributed by atoms with Gasteiger partial charge in [0.1, 0.15) is 12.4 Å². The number of rotatable bonds is 7. The Labute approximate surface area is 195 Å². The summed E-state index contributed by atoms with van der Waals surface area (Å²) in [6.07, 6.45) is 0. The van der Waals surface area contributed by atoms with Crippen LogP contribution in [0, 0.1) is 13.8 Å². The third-order valence-electron chi connectivity index (χ3n) is 5.42. The molecule has 1 N–H and O–H groups in total. The van der Waals surface area contributed by atoms with E-state index in [1.807, 2.05) is 60.3 Å². The average Bonchev–Trinajstić information content (AvgIpc) is 3.55. The number of fused-ring (bicyclic) bond motifs is 1. The van der Waals surface area contributed by atoms with E-state index >= 15 is 0 Å². The molecule has 0 unspecified atom stereocenters. The summed E-state index contributed by atoms with van der Waals surface area (Å²) in [5.74, 6) is 1.93. The number of aromatic nitrogens is 2. The van der Waals surface area contributed by atoms with Crippen LogP contribution in [0.2, 0.25) is 0 Å². The summed E-state index contributed by atoms with van der Waals surface area (Å²) in [4.78, 5) is 13.5. The van der Waals surface area contributed by atoms with Crippen LogP contribution in [0.1, 0.15) is 32.2 Å². The van der Waals surface area contributed by atoms with E-state index in [2.05, 4.69) is 22.5 Å². The monoisotopic (exact) mass is 461 g/mol. The molecule has 1 aliphatic heterocycles. The molecular formula is C25H23N3O4S. The largest absolute Gasteiger partial charge is 0.489 e. The van der Waals surface area contributed by atoms with E-state index in [9.17, 15) is 4.79 Å². The second-order valence-corrected chi connectivity index (χ2v) is 8.68. The van der Waals surface area contributed by atoms with Crippen molar-refractivity contribution in [3.05, 3.63) is 87.4 Å². The fraction of sp³-hybridized carbons (Fsp3) is 0.200. The Morgan fingerprint density at radius 1 is 1.09 bits per heavy atom. The Morgan fingerprint density at radius 3 is 2.76 bits per heavy atom. The smallest absolute Gasteiger partial charge is 0.265 e. The van der Waals surface area contributed by atoms with E-state index in [1.165, 1.54) is 11.3 Å². The minimum Gasteiger partial charge on any atom is -0.489 e. The maximum absolute atomic E-state index is 12.9. The van der Waals surface area contributed by atoms with E-state index in [0.717, 1.165) is 34.0 Å². The van der Waals surface area contributed by atoms with Crippen LogP contribution in [-0.2, 0) is 13.2 Å². The minimum absolute atomic E-state index is 0.153. The molecule has 3 heterocycles. The molecule has 0 bridgehead atoms. The third-order valence-corrected chi connectivity index (χ3v) is 6.40. The maximum Gasteiger partial charge on any atom is 0.265 e. The van der Waals surface area contributed by atoms with Gasteiger partial charge in [0.2, 0.25) is 6.79 Å². The van der Waals surface area contributed by atoms with E-state index in [-0.39, 0.29) is 12.7 Å². The van der Waals surface area contributed by atoms with Gasteiger partial charge in [-0.1, -0.05) is 30.3 Å². The lowest BCUT2D eigenvalue weighted by atomic mass is 10.2. The van der Waals surface area contributed by atoms with Gasteiger partial charge in [-0.05, 0) is 43.0 Å². The molecule has 0 fully saturated rings. The summed E-state index contributed by atoms with van der Waals surface area (Å²) in [6, 6.07) is 17.5. The van der Waals surface area contributed by atoms with Crippen LogP contribution in [0.3, 0.4) is 0 Å². The fourth-order valence-corrected chi connectivity index (χ4v) is 4.46. The Kier molecular flexibility index (Phi) is 5.75. The topological polar surface area (TPSA) is 74.6 Å². The van der Waals surface area contributed by atoms with Gasteiger partial charge in [0.25, 0.3) is 5.91 Å². The summed E-state index contributed by atoms with van der Waals surface area (Å²) >= 11 is 1.39. The van der Waals surface area contributed by atoms with E-state index in [0.29, 0.717) is 29.5 Å². The highest BCUT2D eigenvalue weighted by atomic mass is 32.1. The predicted molar refractivity (Wildman–Crippen MR) is 126 cm³/mol. The van der Waals surface area contributed by atoms with Crippen molar-refractivity contribution in [3.8, 4) is 17.2 Å². The first kappa shape index (κ1) is 21.1. The molecule has 1 aliphatic rings. The van der Waals surface area contributed by atoms with Crippen molar-refractivity contribution < 1.29 is 19.0 Å². The molecule has 0 saturated heterocycles. The zero-order valence-electron chi connectivity index (χ0n) is 18.3. The van der Waals surface area contributed by atoms with Crippen molar-refractivity contribution in [2.45, 2.75) is 27.0 Å². The van der Waals surface area contributed by atoms with Crippen molar-refractivity contribution in [2.24, 2.45) is 0 Å². The number of hydrogen-bond acceptors (Lipinski definition) is 6. The second kappa shape index (κ2) is 8.99. The highest BCUT2D eigenvalue weighted by Gasteiger charge is 2.17. The van der Waals surface area contributed by atoms with E-state index in [4.69, 9.17) is 14.2 Å². The zero-order valence-corrected chi connectivity index (χ0v) is 19.1. The van der Waals surface area contributed by atoms with Crippen molar-refractivity contribution >= 4 is 22.9 Å². The molecule has 1 amide bonds. The number of aryl methyl sites for hydroxylation is 1. The van der Waals surface area contributed by atoms with Crippen LogP contribution < -0.4 is 19.5 Å². The molecule has 0 radical (unpaired) electrons. The van der Waals surface area contributed by atoms with Crippen molar-refractivity contribution in [1.82, 2.24) is 9.78 Å². The van der Waals surface area contributed by atoms with Crippen LogP contribution in [0.25, 0.3) is 0 Å². The Bertz CT molecular complexity index is 1300. The average molecular weight is 462 g/mol. The molecule has 7 nitrogen and oxygen atoms in total. The highest BCUT2D eigenvalue weighted by molar-refractivity contribution is 7.12. The van der Waals surface area contributed by atoms with Crippen LogP contribution in [0.4, 0.5) is 5.69 Å². The van der Waals surface area contributed by atoms with Gasteiger partial charge in [-0.15, -0.1) is 11.3 Å². The van der Waals surface area contributed by atoms with E-state index in [1.54, 1.807) is 6.07 Å². The Balaban J connectivity index is 1.23. The zero-order chi connectivity index (χ0) is 22.8. The Morgan fingerprint density at radius 2 is 1.91 bits per heavy atom. The SMILES string of the molecule is Cc1nn(Cc2ccccc2)c(C)c1NC(=O)c1cc(COc2ccc3c(c2)OCO3)cs1. The molecule has 2 aromatic heterocycles. The van der Waals surface area contributed by atoms with Gasteiger partial charge in [0, 0.05) is 11.6 Å². The van der Waals surface area contributed by atoms with Crippen LogP contribution in [-0.4, -0.2) is 22.5 Å².